The fraction of sp³-hybridized carbons (Fsp3) is 0.636. The molecule has 0 spiro atoms. The second kappa shape index (κ2) is 13.2. The van der Waals surface area contributed by atoms with Crippen LogP contribution >= 0.6 is 11.6 Å². The maximum Gasteiger partial charge on any atom is 0.519 e. The SMILES string of the molecule is CCCCCCCCCCCCOc1c[nH]c(C(=O)OCc2oc(=O)oc2C)c1Cl. The smallest absolute Gasteiger partial charge is 0.490 e. The van der Waals surface area contributed by atoms with Gasteiger partial charge < -0.3 is 23.3 Å². The van der Waals surface area contributed by atoms with Crippen molar-refractivity contribution in [3.05, 3.63) is 39.1 Å². The summed E-state index contributed by atoms with van der Waals surface area (Å²) in [4.78, 5) is 26.0. The zero-order chi connectivity index (χ0) is 21.8. The second-order valence-electron chi connectivity index (χ2n) is 7.38. The normalized spacial score (nSPS) is 11.0. The number of rotatable bonds is 15. The van der Waals surface area contributed by atoms with Crippen LogP contribution in [0.5, 0.6) is 5.75 Å². The fourth-order valence-corrected chi connectivity index (χ4v) is 3.36. The minimum Gasteiger partial charge on any atom is -0.490 e. The lowest BCUT2D eigenvalue weighted by molar-refractivity contribution is 0.0437. The van der Waals surface area contributed by atoms with Gasteiger partial charge in [-0.1, -0.05) is 76.3 Å². The van der Waals surface area contributed by atoms with E-state index in [0.29, 0.717) is 12.4 Å². The molecule has 0 saturated heterocycles. The summed E-state index contributed by atoms with van der Waals surface area (Å²) >= 11 is 6.22. The molecule has 0 aliphatic carbocycles. The Balaban J connectivity index is 1.62. The molecule has 0 amide bonds. The van der Waals surface area contributed by atoms with Gasteiger partial charge in [0.1, 0.15) is 10.7 Å². The Bertz CT molecular complexity index is 822. The highest BCUT2D eigenvalue weighted by atomic mass is 35.5. The number of carbonyl (C=O) groups is 1. The zero-order valence-corrected chi connectivity index (χ0v) is 18.6. The van der Waals surface area contributed by atoms with Crippen molar-refractivity contribution in [2.24, 2.45) is 0 Å². The number of unbranched alkanes of at least 4 members (excludes halogenated alkanes) is 9. The highest BCUT2D eigenvalue weighted by Crippen LogP contribution is 2.29. The van der Waals surface area contributed by atoms with Crippen LogP contribution < -0.4 is 10.6 Å². The van der Waals surface area contributed by atoms with Crippen LogP contribution in [0.2, 0.25) is 5.02 Å². The number of hydrogen-bond donors (Lipinski definition) is 1. The molecule has 0 aliphatic rings. The average Bonchev–Trinajstić information content (AvgIpc) is 3.25. The molecule has 2 aromatic rings. The third-order valence-corrected chi connectivity index (χ3v) is 5.29. The summed E-state index contributed by atoms with van der Waals surface area (Å²) in [7, 11) is 0. The Kier molecular flexibility index (Phi) is 10.6. The summed E-state index contributed by atoms with van der Waals surface area (Å²) in [5.74, 6) is -0.652. The molecule has 168 valence electrons. The van der Waals surface area contributed by atoms with E-state index < -0.39 is 11.8 Å². The summed E-state index contributed by atoms with van der Waals surface area (Å²) in [6.45, 7) is 4.11. The molecule has 0 bridgehead atoms. The monoisotopic (exact) mass is 441 g/mol. The second-order valence-corrected chi connectivity index (χ2v) is 7.76. The van der Waals surface area contributed by atoms with Crippen LogP contribution in [0.4, 0.5) is 0 Å². The van der Waals surface area contributed by atoms with Crippen molar-refractivity contribution in [2.75, 3.05) is 6.61 Å². The molecule has 0 aromatic carbocycles. The van der Waals surface area contributed by atoms with Gasteiger partial charge in [-0.25, -0.2) is 9.59 Å². The molecule has 1 N–H and O–H groups in total. The zero-order valence-electron chi connectivity index (χ0n) is 17.9. The first kappa shape index (κ1) is 24.1. The van der Waals surface area contributed by atoms with Gasteiger partial charge in [0.25, 0.3) is 0 Å². The van der Waals surface area contributed by atoms with Crippen molar-refractivity contribution in [1.29, 1.82) is 0 Å². The highest BCUT2D eigenvalue weighted by Gasteiger charge is 2.20. The molecule has 0 saturated carbocycles. The van der Waals surface area contributed by atoms with Crippen molar-refractivity contribution >= 4 is 17.6 Å². The van der Waals surface area contributed by atoms with Gasteiger partial charge in [-0.05, 0) is 13.3 Å². The fourth-order valence-electron chi connectivity index (χ4n) is 3.12. The number of aryl methyl sites for hydroxylation is 1. The van der Waals surface area contributed by atoms with Crippen LogP contribution in [0.3, 0.4) is 0 Å². The number of nitrogens with one attached hydrogen (secondary N) is 1. The van der Waals surface area contributed by atoms with Crippen molar-refractivity contribution in [2.45, 2.75) is 84.7 Å². The first-order valence-corrected chi connectivity index (χ1v) is 11.2. The number of H-pyrrole nitrogens is 1. The van der Waals surface area contributed by atoms with Gasteiger partial charge in [0.2, 0.25) is 0 Å². The lowest BCUT2D eigenvalue weighted by atomic mass is 10.1. The van der Waals surface area contributed by atoms with Gasteiger partial charge in [-0.3, -0.25) is 0 Å². The number of aromatic nitrogens is 1. The number of aromatic amines is 1. The van der Waals surface area contributed by atoms with E-state index in [9.17, 15) is 9.59 Å². The highest BCUT2D eigenvalue weighted by molar-refractivity contribution is 6.34. The minimum atomic E-state index is -0.834. The lowest BCUT2D eigenvalue weighted by Crippen LogP contribution is -2.06. The van der Waals surface area contributed by atoms with E-state index in [4.69, 9.17) is 29.9 Å². The van der Waals surface area contributed by atoms with Crippen molar-refractivity contribution < 1.29 is 23.1 Å². The Morgan fingerprint density at radius 3 is 2.27 bits per heavy atom. The molecule has 7 nitrogen and oxygen atoms in total. The molecule has 0 aliphatic heterocycles. The van der Waals surface area contributed by atoms with E-state index in [0.717, 1.165) is 12.8 Å². The molecule has 8 heteroatoms. The Morgan fingerprint density at radius 1 is 1.03 bits per heavy atom. The van der Waals surface area contributed by atoms with Gasteiger partial charge in [-0.2, -0.15) is 0 Å². The molecule has 0 atom stereocenters. The standard InChI is InChI=1S/C22H32ClNO6/c1-3-4-5-6-7-8-9-10-11-12-13-27-17-14-24-20(19(17)23)21(25)28-15-18-16(2)29-22(26)30-18/h14,24H,3-13,15H2,1-2H3. The van der Waals surface area contributed by atoms with Crippen molar-refractivity contribution in [1.82, 2.24) is 4.98 Å². The first-order chi connectivity index (χ1) is 14.5. The molecule has 0 radical (unpaired) electrons. The average molecular weight is 442 g/mol. The van der Waals surface area contributed by atoms with Crippen LogP contribution in [0, 0.1) is 6.92 Å². The number of hydrogen-bond acceptors (Lipinski definition) is 6. The largest absolute Gasteiger partial charge is 0.519 e. The van der Waals surface area contributed by atoms with Crippen molar-refractivity contribution in [3.63, 3.8) is 0 Å². The van der Waals surface area contributed by atoms with Gasteiger partial charge in [0, 0.05) is 6.20 Å². The Hall–Kier alpha value is -2.15. The summed E-state index contributed by atoms with van der Waals surface area (Å²) in [5, 5.41) is 0.178. The lowest BCUT2D eigenvalue weighted by Gasteiger charge is -2.05. The Labute approximate surface area is 182 Å². The number of halogens is 1. The van der Waals surface area contributed by atoms with E-state index in [1.165, 1.54) is 51.4 Å². The quantitative estimate of drug-likeness (QED) is 0.262. The molecule has 2 heterocycles. The topological polar surface area (TPSA) is 94.7 Å². The summed E-state index contributed by atoms with van der Waals surface area (Å²) in [6, 6.07) is 0. The molecular weight excluding hydrogens is 410 g/mol. The van der Waals surface area contributed by atoms with E-state index in [-0.39, 0.29) is 28.8 Å². The number of ether oxygens (including phenoxy) is 2. The van der Waals surface area contributed by atoms with Gasteiger partial charge in [-0.15, -0.1) is 0 Å². The third kappa shape index (κ3) is 7.94. The summed E-state index contributed by atoms with van der Waals surface area (Å²) < 4.78 is 20.3. The van der Waals surface area contributed by atoms with Crippen LogP contribution in [-0.4, -0.2) is 17.6 Å². The van der Waals surface area contributed by atoms with E-state index in [1.807, 2.05) is 0 Å². The number of esters is 1. The molecule has 2 aromatic heterocycles. The summed E-state index contributed by atoms with van der Waals surface area (Å²) in [6.07, 6.45) is 14.1. The van der Waals surface area contributed by atoms with E-state index in [1.54, 1.807) is 13.1 Å². The number of carbonyl (C=O) groups excluding carboxylic acids is 1. The van der Waals surface area contributed by atoms with Crippen LogP contribution in [0.1, 0.15) is 93.1 Å². The first-order valence-electron chi connectivity index (χ1n) is 10.8. The predicted molar refractivity (Wildman–Crippen MR) is 114 cm³/mol. The van der Waals surface area contributed by atoms with Crippen LogP contribution in [0.25, 0.3) is 0 Å². The maximum atomic E-state index is 12.2. The molecule has 0 unspecified atom stereocenters. The van der Waals surface area contributed by atoms with Gasteiger partial charge in [0.05, 0.1) is 6.61 Å². The van der Waals surface area contributed by atoms with Gasteiger partial charge in [0.15, 0.2) is 23.9 Å². The Morgan fingerprint density at radius 2 is 1.67 bits per heavy atom. The molecule has 0 fully saturated rings. The minimum absolute atomic E-state index is 0.0956. The molecule has 30 heavy (non-hydrogen) atoms. The summed E-state index contributed by atoms with van der Waals surface area (Å²) in [5.41, 5.74) is 0.0956. The van der Waals surface area contributed by atoms with Crippen LogP contribution in [-0.2, 0) is 11.3 Å². The maximum absolute atomic E-state index is 12.2. The van der Waals surface area contributed by atoms with Gasteiger partial charge >= 0.3 is 11.8 Å². The predicted octanol–water partition coefficient (Wildman–Crippen LogP) is 6.18. The molecular formula is C22H32ClNO6. The van der Waals surface area contributed by atoms with E-state index in [2.05, 4.69) is 11.9 Å². The van der Waals surface area contributed by atoms with Crippen molar-refractivity contribution in [3.8, 4) is 5.75 Å². The van der Waals surface area contributed by atoms with E-state index >= 15 is 0 Å². The third-order valence-electron chi connectivity index (χ3n) is 4.91. The van der Waals surface area contributed by atoms with Crippen LogP contribution in [0.15, 0.2) is 19.8 Å². The molecule has 2 rings (SSSR count).